The Labute approximate surface area is 154 Å². The first kappa shape index (κ1) is 17.7. The van der Waals surface area contributed by atoms with Crippen LogP contribution in [0, 0.1) is 6.92 Å². The first-order valence-electron chi connectivity index (χ1n) is 8.87. The van der Waals surface area contributed by atoms with Gasteiger partial charge in [-0.2, -0.15) is 0 Å². The van der Waals surface area contributed by atoms with Crippen molar-refractivity contribution in [2.75, 3.05) is 0 Å². The molecule has 0 aliphatic rings. The minimum Gasteiger partial charge on any atom is -0.453 e. The SMILES string of the molecule is C=C(/C=C(\C=C/C)CC)c1ccc(-c2nc(-c3ccccc3)c(C)[nH]2)o1. The summed E-state index contributed by atoms with van der Waals surface area (Å²) in [7, 11) is 0. The second-order valence-corrected chi connectivity index (χ2v) is 6.19. The van der Waals surface area contributed by atoms with E-state index in [0.29, 0.717) is 5.76 Å². The number of H-pyrrole nitrogens is 1. The number of nitrogens with zero attached hydrogens (tertiary/aromatic N) is 1. The highest BCUT2D eigenvalue weighted by molar-refractivity contribution is 5.72. The molecule has 0 saturated carbocycles. The van der Waals surface area contributed by atoms with Gasteiger partial charge in [-0.05, 0) is 44.1 Å². The maximum absolute atomic E-state index is 6.00. The summed E-state index contributed by atoms with van der Waals surface area (Å²) in [6.07, 6.45) is 7.14. The molecule has 3 rings (SSSR count). The standard InChI is InChI=1S/C23H24N2O/c1-5-10-18(6-2)15-16(3)20-13-14-21(26-20)23-24-17(4)22(25-23)19-11-8-7-9-12-19/h5,7-15H,3,6H2,1-2,4H3,(H,24,25)/b10-5-,18-15-. The van der Waals surface area contributed by atoms with Crippen molar-refractivity contribution in [2.24, 2.45) is 0 Å². The van der Waals surface area contributed by atoms with E-state index in [1.807, 2.05) is 50.3 Å². The Bertz CT molecular complexity index is 955. The molecule has 1 N–H and O–H groups in total. The number of aromatic amines is 1. The highest BCUT2D eigenvalue weighted by Crippen LogP contribution is 2.29. The summed E-state index contributed by atoms with van der Waals surface area (Å²) in [6, 6.07) is 14.0. The first-order valence-corrected chi connectivity index (χ1v) is 8.87. The topological polar surface area (TPSA) is 41.8 Å². The normalized spacial score (nSPS) is 12.0. The van der Waals surface area contributed by atoms with Gasteiger partial charge in [0.1, 0.15) is 5.76 Å². The van der Waals surface area contributed by atoms with Gasteiger partial charge in [0.25, 0.3) is 0 Å². The molecule has 0 fully saturated rings. The number of aromatic nitrogens is 2. The van der Waals surface area contributed by atoms with E-state index in [-0.39, 0.29) is 0 Å². The lowest BCUT2D eigenvalue weighted by Crippen LogP contribution is -1.80. The Morgan fingerprint density at radius 2 is 1.96 bits per heavy atom. The molecule has 0 saturated heterocycles. The molecule has 2 aromatic heterocycles. The summed E-state index contributed by atoms with van der Waals surface area (Å²) in [5, 5.41) is 0. The quantitative estimate of drug-likeness (QED) is 0.514. The van der Waals surface area contributed by atoms with Crippen LogP contribution in [-0.4, -0.2) is 9.97 Å². The summed E-state index contributed by atoms with van der Waals surface area (Å²) in [5.41, 5.74) is 5.13. The van der Waals surface area contributed by atoms with Gasteiger partial charge in [0.2, 0.25) is 0 Å². The van der Waals surface area contributed by atoms with Gasteiger partial charge >= 0.3 is 0 Å². The van der Waals surface area contributed by atoms with Gasteiger partial charge in [-0.15, -0.1) is 0 Å². The largest absolute Gasteiger partial charge is 0.453 e. The molecule has 26 heavy (non-hydrogen) atoms. The highest BCUT2D eigenvalue weighted by atomic mass is 16.3. The third-order valence-electron chi connectivity index (χ3n) is 4.24. The predicted molar refractivity (Wildman–Crippen MR) is 109 cm³/mol. The number of furan rings is 1. The Balaban J connectivity index is 1.88. The molecular weight excluding hydrogens is 320 g/mol. The number of nitrogens with one attached hydrogen (secondary N) is 1. The molecular formula is C23H24N2O. The minimum atomic E-state index is 0.712. The van der Waals surface area contributed by atoms with E-state index in [2.05, 4.69) is 42.8 Å². The van der Waals surface area contributed by atoms with E-state index >= 15 is 0 Å². The zero-order valence-electron chi connectivity index (χ0n) is 15.5. The molecule has 3 nitrogen and oxygen atoms in total. The van der Waals surface area contributed by atoms with E-state index < -0.39 is 0 Å². The molecule has 0 bridgehead atoms. The maximum Gasteiger partial charge on any atom is 0.174 e. The fourth-order valence-corrected chi connectivity index (χ4v) is 2.87. The van der Waals surface area contributed by atoms with Crippen molar-refractivity contribution in [1.29, 1.82) is 0 Å². The number of aryl methyl sites for hydroxylation is 1. The van der Waals surface area contributed by atoms with Crippen LogP contribution in [-0.2, 0) is 0 Å². The summed E-state index contributed by atoms with van der Waals surface area (Å²) in [4.78, 5) is 8.05. The Morgan fingerprint density at radius 3 is 2.65 bits per heavy atom. The van der Waals surface area contributed by atoms with Crippen LogP contribution in [0.1, 0.15) is 31.7 Å². The fraction of sp³-hybridized carbons (Fsp3) is 0.174. The summed E-state index contributed by atoms with van der Waals surface area (Å²) in [5.74, 6) is 2.20. The van der Waals surface area contributed by atoms with Gasteiger partial charge in [-0.3, -0.25) is 0 Å². The van der Waals surface area contributed by atoms with Crippen LogP contribution in [0.4, 0.5) is 0 Å². The van der Waals surface area contributed by atoms with Crippen LogP contribution in [0.15, 0.2) is 77.3 Å². The fourth-order valence-electron chi connectivity index (χ4n) is 2.87. The van der Waals surface area contributed by atoms with Crippen molar-refractivity contribution in [3.8, 4) is 22.8 Å². The van der Waals surface area contributed by atoms with Crippen molar-refractivity contribution in [1.82, 2.24) is 9.97 Å². The van der Waals surface area contributed by atoms with Crippen molar-refractivity contribution >= 4 is 5.57 Å². The Morgan fingerprint density at radius 1 is 1.19 bits per heavy atom. The number of hydrogen-bond acceptors (Lipinski definition) is 2. The smallest absolute Gasteiger partial charge is 0.174 e. The molecule has 0 amide bonds. The van der Waals surface area contributed by atoms with Crippen LogP contribution in [0.3, 0.4) is 0 Å². The van der Waals surface area contributed by atoms with Crippen molar-refractivity contribution in [3.05, 3.63) is 84.3 Å². The molecule has 0 radical (unpaired) electrons. The molecule has 132 valence electrons. The monoisotopic (exact) mass is 344 g/mol. The molecule has 2 heterocycles. The zero-order chi connectivity index (χ0) is 18.5. The molecule has 0 unspecified atom stereocenters. The molecule has 3 heteroatoms. The molecule has 3 aromatic rings. The van der Waals surface area contributed by atoms with Crippen molar-refractivity contribution < 1.29 is 4.42 Å². The Hall–Kier alpha value is -3.07. The molecule has 1 aromatic carbocycles. The maximum atomic E-state index is 6.00. The first-order chi connectivity index (χ1) is 12.6. The van der Waals surface area contributed by atoms with Crippen molar-refractivity contribution in [3.63, 3.8) is 0 Å². The molecule has 0 spiro atoms. The van der Waals surface area contributed by atoms with Gasteiger partial charge in [0.15, 0.2) is 11.6 Å². The predicted octanol–water partition coefficient (Wildman–Crippen LogP) is 6.57. The average Bonchev–Trinajstić information content (AvgIpc) is 3.29. The van der Waals surface area contributed by atoms with Crippen molar-refractivity contribution in [2.45, 2.75) is 27.2 Å². The van der Waals surface area contributed by atoms with Crippen LogP contribution >= 0.6 is 0 Å². The third kappa shape index (κ3) is 3.77. The second kappa shape index (κ2) is 7.87. The zero-order valence-corrected chi connectivity index (χ0v) is 15.5. The summed E-state index contributed by atoms with van der Waals surface area (Å²) >= 11 is 0. The van der Waals surface area contributed by atoms with Crippen LogP contribution in [0.25, 0.3) is 28.4 Å². The number of benzene rings is 1. The lowest BCUT2D eigenvalue weighted by atomic mass is 10.1. The number of allylic oxidation sites excluding steroid dienone is 5. The average molecular weight is 344 g/mol. The second-order valence-electron chi connectivity index (χ2n) is 6.19. The van der Waals surface area contributed by atoms with E-state index in [1.165, 1.54) is 5.57 Å². The van der Waals surface area contributed by atoms with E-state index in [1.54, 1.807) is 0 Å². The molecule has 0 atom stereocenters. The van der Waals surface area contributed by atoms with E-state index in [9.17, 15) is 0 Å². The third-order valence-corrected chi connectivity index (χ3v) is 4.24. The summed E-state index contributed by atoms with van der Waals surface area (Å²) in [6.45, 7) is 10.3. The lowest BCUT2D eigenvalue weighted by molar-refractivity contribution is 0.565. The Kier molecular flexibility index (Phi) is 5.37. The molecule has 0 aliphatic heterocycles. The van der Waals surface area contributed by atoms with Crippen LogP contribution < -0.4 is 0 Å². The van der Waals surface area contributed by atoms with Gasteiger partial charge < -0.3 is 9.40 Å². The van der Waals surface area contributed by atoms with Gasteiger partial charge in [0.05, 0.1) is 5.69 Å². The number of rotatable bonds is 6. The molecule has 0 aliphatic carbocycles. The van der Waals surface area contributed by atoms with E-state index in [0.717, 1.165) is 40.5 Å². The summed E-state index contributed by atoms with van der Waals surface area (Å²) < 4.78 is 6.00. The lowest BCUT2D eigenvalue weighted by Gasteiger charge is -1.99. The van der Waals surface area contributed by atoms with Crippen LogP contribution in [0.5, 0.6) is 0 Å². The highest BCUT2D eigenvalue weighted by Gasteiger charge is 2.14. The number of imidazole rings is 1. The van der Waals surface area contributed by atoms with Gasteiger partial charge in [-0.25, -0.2) is 4.98 Å². The minimum absolute atomic E-state index is 0.712. The number of hydrogen-bond donors (Lipinski definition) is 1. The van der Waals surface area contributed by atoms with Crippen LogP contribution in [0.2, 0.25) is 0 Å². The van der Waals surface area contributed by atoms with E-state index in [4.69, 9.17) is 9.40 Å². The van der Waals surface area contributed by atoms with Gasteiger partial charge in [-0.1, -0.05) is 56.0 Å². The van der Waals surface area contributed by atoms with Gasteiger partial charge in [0, 0.05) is 16.8 Å².